The molecule has 3 rings (SSSR count). The molecule has 2 aromatic carbocycles. The van der Waals surface area contributed by atoms with Crippen LogP contribution in [0.5, 0.6) is 11.5 Å². The van der Waals surface area contributed by atoms with Gasteiger partial charge in [0.15, 0.2) is 19.7 Å². The highest BCUT2D eigenvalue weighted by Crippen LogP contribution is 2.26. The first-order valence-corrected chi connectivity index (χ1v) is 13.6. The van der Waals surface area contributed by atoms with E-state index in [9.17, 15) is 21.6 Å². The first kappa shape index (κ1) is 21.7. The lowest BCUT2D eigenvalue weighted by atomic mass is 10.3. The van der Waals surface area contributed by atoms with Crippen LogP contribution >= 0.6 is 11.8 Å². The highest BCUT2D eigenvalue weighted by molar-refractivity contribution is 8.02. The number of ether oxygens (including phenoxy) is 1. The Morgan fingerprint density at radius 3 is 2.21 bits per heavy atom. The van der Waals surface area contributed by atoms with Gasteiger partial charge >= 0.3 is 0 Å². The molecule has 1 heterocycles. The summed E-state index contributed by atoms with van der Waals surface area (Å²) < 4.78 is 51.5. The molecule has 0 radical (unpaired) electrons. The molecule has 156 valence electrons. The Morgan fingerprint density at radius 1 is 1.10 bits per heavy atom. The molecule has 1 aliphatic rings. The summed E-state index contributed by atoms with van der Waals surface area (Å²) in [5.74, 6) is 1.39. The summed E-state index contributed by atoms with van der Waals surface area (Å²) in [6.45, 7) is 0. The van der Waals surface area contributed by atoms with Gasteiger partial charge < -0.3 is 10.1 Å². The van der Waals surface area contributed by atoms with Gasteiger partial charge in [-0.1, -0.05) is 0 Å². The predicted molar refractivity (Wildman–Crippen MR) is 114 cm³/mol. The van der Waals surface area contributed by atoms with Crippen molar-refractivity contribution in [2.24, 2.45) is 0 Å². The van der Waals surface area contributed by atoms with Crippen molar-refractivity contribution in [3.05, 3.63) is 48.5 Å². The highest BCUT2D eigenvalue weighted by Gasteiger charge is 2.28. The van der Waals surface area contributed by atoms with Crippen LogP contribution in [0.25, 0.3) is 0 Å². The Labute approximate surface area is 174 Å². The lowest BCUT2D eigenvalue weighted by Crippen LogP contribution is -2.17. The minimum atomic E-state index is -3.25. The minimum absolute atomic E-state index is 0.0180. The van der Waals surface area contributed by atoms with E-state index < -0.39 is 19.7 Å². The van der Waals surface area contributed by atoms with Crippen molar-refractivity contribution in [1.82, 2.24) is 0 Å². The van der Waals surface area contributed by atoms with Gasteiger partial charge in [-0.15, -0.1) is 11.8 Å². The fourth-order valence-corrected chi connectivity index (χ4v) is 6.85. The lowest BCUT2D eigenvalue weighted by Gasteiger charge is -2.10. The number of hydrogen-bond donors (Lipinski definition) is 1. The van der Waals surface area contributed by atoms with Crippen molar-refractivity contribution in [2.75, 3.05) is 28.8 Å². The standard InChI is InChI=1S/C19H21NO6S3/c1-28(22,23)18-8-6-16(7-9-18)26-15-4-2-14(3-5-15)20-19(21)12-27-17-10-11-29(24,25)13-17/h2-9,17H,10-13H2,1H3,(H,20,21). The molecule has 0 aliphatic carbocycles. The van der Waals surface area contributed by atoms with Crippen LogP contribution in [0.1, 0.15) is 6.42 Å². The normalized spacial score (nSPS) is 18.3. The molecule has 10 heteroatoms. The third-order valence-electron chi connectivity index (χ3n) is 4.27. The van der Waals surface area contributed by atoms with Crippen molar-refractivity contribution < 1.29 is 26.4 Å². The average Bonchev–Trinajstić information content (AvgIpc) is 3.00. The van der Waals surface area contributed by atoms with Crippen LogP contribution in [0.4, 0.5) is 5.69 Å². The summed E-state index contributed by atoms with van der Waals surface area (Å²) in [4.78, 5) is 12.3. The van der Waals surface area contributed by atoms with E-state index >= 15 is 0 Å². The molecule has 1 unspecified atom stereocenters. The molecule has 1 aliphatic heterocycles. The Bertz CT molecular complexity index is 1080. The number of nitrogens with one attached hydrogen (secondary N) is 1. The number of carbonyl (C=O) groups is 1. The maximum Gasteiger partial charge on any atom is 0.234 e. The minimum Gasteiger partial charge on any atom is -0.457 e. The van der Waals surface area contributed by atoms with Crippen LogP contribution in [-0.2, 0) is 24.5 Å². The zero-order chi connectivity index (χ0) is 21.1. The van der Waals surface area contributed by atoms with Gasteiger partial charge in [0.25, 0.3) is 0 Å². The molecule has 1 N–H and O–H groups in total. The number of carbonyl (C=O) groups excluding carboxylic acids is 1. The molecule has 2 aromatic rings. The summed E-state index contributed by atoms with van der Waals surface area (Å²) in [5.41, 5.74) is 0.606. The monoisotopic (exact) mass is 455 g/mol. The third kappa shape index (κ3) is 6.48. The van der Waals surface area contributed by atoms with Crippen LogP contribution in [0.15, 0.2) is 53.4 Å². The summed E-state index contributed by atoms with van der Waals surface area (Å²) in [6, 6.07) is 12.9. The van der Waals surface area contributed by atoms with Crippen LogP contribution in [0, 0.1) is 0 Å². The molecule has 0 bridgehead atoms. The predicted octanol–water partition coefficient (Wildman–Crippen LogP) is 2.74. The van der Waals surface area contributed by atoms with Crippen molar-refractivity contribution >= 4 is 43.0 Å². The maximum atomic E-state index is 12.1. The topological polar surface area (TPSA) is 107 Å². The van der Waals surface area contributed by atoms with Crippen molar-refractivity contribution in [3.63, 3.8) is 0 Å². The van der Waals surface area contributed by atoms with E-state index in [4.69, 9.17) is 4.74 Å². The number of benzene rings is 2. The second-order valence-electron chi connectivity index (χ2n) is 6.75. The number of amides is 1. The first-order valence-electron chi connectivity index (χ1n) is 8.81. The number of sulfone groups is 2. The SMILES string of the molecule is CS(=O)(=O)c1ccc(Oc2ccc(NC(=O)CSC3CCS(=O)(=O)C3)cc2)cc1. The second kappa shape index (κ2) is 8.76. The largest absolute Gasteiger partial charge is 0.457 e. The Hall–Kier alpha value is -2.04. The summed E-state index contributed by atoms with van der Waals surface area (Å²) in [6.07, 6.45) is 1.74. The molecular weight excluding hydrogens is 434 g/mol. The van der Waals surface area contributed by atoms with Gasteiger partial charge in [-0.25, -0.2) is 16.8 Å². The van der Waals surface area contributed by atoms with Crippen LogP contribution in [0.2, 0.25) is 0 Å². The number of rotatable bonds is 7. The van der Waals surface area contributed by atoms with Gasteiger partial charge in [-0.2, -0.15) is 0 Å². The zero-order valence-electron chi connectivity index (χ0n) is 15.7. The van der Waals surface area contributed by atoms with Gasteiger partial charge in [-0.3, -0.25) is 4.79 Å². The molecule has 0 saturated carbocycles. The molecule has 0 aromatic heterocycles. The summed E-state index contributed by atoms with van der Waals surface area (Å²) >= 11 is 1.36. The maximum absolute atomic E-state index is 12.1. The molecule has 1 saturated heterocycles. The highest BCUT2D eigenvalue weighted by atomic mass is 32.2. The Kier molecular flexibility index (Phi) is 6.55. The molecular formula is C19H21NO6S3. The first-order chi connectivity index (χ1) is 13.6. The van der Waals surface area contributed by atoms with E-state index in [-0.39, 0.29) is 33.3 Å². The van der Waals surface area contributed by atoms with Crippen LogP contribution in [-0.4, -0.2) is 51.5 Å². The van der Waals surface area contributed by atoms with E-state index in [1.54, 1.807) is 36.4 Å². The van der Waals surface area contributed by atoms with Gasteiger partial charge in [-0.05, 0) is 55.0 Å². The van der Waals surface area contributed by atoms with E-state index in [0.717, 1.165) is 6.26 Å². The smallest absolute Gasteiger partial charge is 0.234 e. The fourth-order valence-electron chi connectivity index (χ4n) is 2.78. The van der Waals surface area contributed by atoms with Gasteiger partial charge in [0.2, 0.25) is 5.91 Å². The van der Waals surface area contributed by atoms with Crippen molar-refractivity contribution in [2.45, 2.75) is 16.6 Å². The summed E-state index contributed by atoms with van der Waals surface area (Å²) in [5, 5.41) is 2.75. The number of thioether (sulfide) groups is 1. The fraction of sp³-hybridized carbons (Fsp3) is 0.316. The van der Waals surface area contributed by atoms with Gasteiger partial charge in [0, 0.05) is 17.2 Å². The molecule has 1 fully saturated rings. The number of anilines is 1. The van der Waals surface area contributed by atoms with E-state index in [1.807, 2.05) is 0 Å². The quantitative estimate of drug-likeness (QED) is 0.684. The molecule has 0 spiro atoms. The van der Waals surface area contributed by atoms with Crippen LogP contribution < -0.4 is 10.1 Å². The average molecular weight is 456 g/mol. The van der Waals surface area contributed by atoms with Gasteiger partial charge in [0.1, 0.15) is 11.5 Å². The second-order valence-corrected chi connectivity index (χ2v) is 12.3. The lowest BCUT2D eigenvalue weighted by molar-refractivity contribution is -0.113. The van der Waals surface area contributed by atoms with E-state index in [1.165, 1.54) is 23.9 Å². The van der Waals surface area contributed by atoms with Crippen LogP contribution in [0.3, 0.4) is 0 Å². The third-order valence-corrected chi connectivity index (χ3v) is 8.68. The van der Waals surface area contributed by atoms with E-state index in [0.29, 0.717) is 23.6 Å². The Morgan fingerprint density at radius 2 is 1.69 bits per heavy atom. The zero-order valence-corrected chi connectivity index (χ0v) is 18.1. The Balaban J connectivity index is 1.50. The summed E-state index contributed by atoms with van der Waals surface area (Å²) in [7, 11) is -6.19. The van der Waals surface area contributed by atoms with E-state index in [2.05, 4.69) is 5.32 Å². The molecule has 1 amide bonds. The number of hydrogen-bond acceptors (Lipinski definition) is 7. The molecule has 7 nitrogen and oxygen atoms in total. The van der Waals surface area contributed by atoms with Crippen molar-refractivity contribution in [1.29, 1.82) is 0 Å². The molecule has 1 atom stereocenters. The molecule has 29 heavy (non-hydrogen) atoms. The van der Waals surface area contributed by atoms with Gasteiger partial charge in [0.05, 0.1) is 22.2 Å². The van der Waals surface area contributed by atoms with Crippen molar-refractivity contribution in [3.8, 4) is 11.5 Å².